The van der Waals surface area contributed by atoms with E-state index in [2.05, 4.69) is 9.99 Å². The van der Waals surface area contributed by atoms with E-state index in [9.17, 15) is 4.79 Å². The van der Waals surface area contributed by atoms with E-state index in [4.69, 9.17) is 14.2 Å². The van der Waals surface area contributed by atoms with Gasteiger partial charge in [-0.1, -0.05) is 23.4 Å². The Morgan fingerprint density at radius 2 is 2.00 bits per heavy atom. The van der Waals surface area contributed by atoms with Crippen LogP contribution in [0.15, 0.2) is 29.4 Å². The van der Waals surface area contributed by atoms with Crippen molar-refractivity contribution in [1.82, 2.24) is 0 Å². The molecule has 20 heavy (non-hydrogen) atoms. The van der Waals surface area contributed by atoms with Gasteiger partial charge < -0.3 is 19.0 Å². The fourth-order valence-electron chi connectivity index (χ4n) is 2.25. The number of rotatable bonds is 4. The maximum Gasteiger partial charge on any atom is 0.331 e. The van der Waals surface area contributed by atoms with Gasteiger partial charge in [-0.15, -0.1) is 0 Å². The van der Waals surface area contributed by atoms with Crippen LogP contribution < -0.4 is 4.74 Å². The molecule has 1 aliphatic heterocycles. The van der Waals surface area contributed by atoms with Crippen LogP contribution >= 0.6 is 0 Å². The van der Waals surface area contributed by atoms with E-state index in [1.807, 2.05) is 24.3 Å². The first kappa shape index (κ1) is 14.5. The standard InChI is InChI=1S/C14H17NO5/c1-9(15-20-10(2)16)14(18-4)13(17-3)11-7-5-6-8-12(11)19-14/h5-8,13H,1-4H3/t13-,14-/m0/s1. The third-order valence-electron chi connectivity index (χ3n) is 3.16. The Morgan fingerprint density at radius 3 is 2.60 bits per heavy atom. The molecular weight excluding hydrogens is 262 g/mol. The first-order valence-corrected chi connectivity index (χ1v) is 6.13. The molecule has 1 aromatic rings. The first-order valence-electron chi connectivity index (χ1n) is 6.13. The van der Waals surface area contributed by atoms with Crippen molar-refractivity contribution in [2.75, 3.05) is 14.2 Å². The number of carbonyl (C=O) groups excluding carboxylic acids is 1. The Hall–Kier alpha value is -1.92. The highest BCUT2D eigenvalue weighted by Crippen LogP contribution is 2.46. The molecule has 1 aromatic carbocycles. The number of hydrogen-bond donors (Lipinski definition) is 0. The van der Waals surface area contributed by atoms with Gasteiger partial charge in [-0.25, -0.2) is 4.79 Å². The first-order chi connectivity index (χ1) is 9.55. The summed E-state index contributed by atoms with van der Waals surface area (Å²) in [5, 5.41) is 3.77. The minimum atomic E-state index is -1.24. The summed E-state index contributed by atoms with van der Waals surface area (Å²) in [5.74, 6) is -1.10. The third kappa shape index (κ3) is 2.28. The molecule has 0 unspecified atom stereocenters. The molecule has 0 N–H and O–H groups in total. The van der Waals surface area contributed by atoms with E-state index in [1.54, 1.807) is 14.0 Å². The van der Waals surface area contributed by atoms with Crippen LogP contribution in [0.2, 0.25) is 0 Å². The van der Waals surface area contributed by atoms with E-state index in [0.29, 0.717) is 11.5 Å². The smallest absolute Gasteiger partial charge is 0.331 e. The maximum absolute atomic E-state index is 10.9. The van der Waals surface area contributed by atoms with E-state index in [0.717, 1.165) is 5.56 Å². The summed E-state index contributed by atoms with van der Waals surface area (Å²) in [4.78, 5) is 15.6. The van der Waals surface area contributed by atoms with Crippen LogP contribution in [0.25, 0.3) is 0 Å². The molecule has 1 aliphatic rings. The lowest BCUT2D eigenvalue weighted by atomic mass is 10.0. The van der Waals surface area contributed by atoms with Crippen LogP contribution in [0.4, 0.5) is 0 Å². The molecular formula is C14H17NO5. The van der Waals surface area contributed by atoms with Gasteiger partial charge in [0.15, 0.2) is 6.10 Å². The SMILES string of the molecule is CO[C@H]1c2ccccc2O[C@@]1(OC)C(C)=NOC(C)=O. The molecule has 0 saturated heterocycles. The van der Waals surface area contributed by atoms with Crippen molar-refractivity contribution < 1.29 is 23.8 Å². The van der Waals surface area contributed by atoms with Gasteiger partial charge in [-0.3, -0.25) is 0 Å². The van der Waals surface area contributed by atoms with Gasteiger partial charge in [0.1, 0.15) is 11.5 Å². The van der Waals surface area contributed by atoms with Crippen LogP contribution in [0.1, 0.15) is 25.5 Å². The van der Waals surface area contributed by atoms with Crippen molar-refractivity contribution in [2.24, 2.45) is 5.16 Å². The highest BCUT2D eigenvalue weighted by Gasteiger charge is 2.53. The second-order valence-electron chi connectivity index (χ2n) is 4.39. The fourth-order valence-corrected chi connectivity index (χ4v) is 2.25. The minimum absolute atomic E-state index is 0.359. The van der Waals surface area contributed by atoms with Crippen molar-refractivity contribution >= 4 is 11.7 Å². The van der Waals surface area contributed by atoms with Gasteiger partial charge in [-0.2, -0.15) is 0 Å². The highest BCUT2D eigenvalue weighted by molar-refractivity contribution is 5.91. The zero-order chi connectivity index (χ0) is 14.8. The molecule has 0 amide bonds. The minimum Gasteiger partial charge on any atom is -0.453 e. The lowest BCUT2D eigenvalue weighted by Crippen LogP contribution is -2.47. The molecule has 0 radical (unpaired) electrons. The molecule has 2 atom stereocenters. The van der Waals surface area contributed by atoms with Crippen molar-refractivity contribution in [3.8, 4) is 5.75 Å². The quantitative estimate of drug-likeness (QED) is 0.479. The molecule has 108 valence electrons. The van der Waals surface area contributed by atoms with E-state index in [-0.39, 0.29) is 0 Å². The van der Waals surface area contributed by atoms with Gasteiger partial charge in [0.25, 0.3) is 5.79 Å². The van der Waals surface area contributed by atoms with Crippen LogP contribution in [0.5, 0.6) is 5.75 Å². The number of oxime groups is 1. The summed E-state index contributed by atoms with van der Waals surface area (Å²) in [6.45, 7) is 2.93. The van der Waals surface area contributed by atoms with Crippen molar-refractivity contribution in [3.05, 3.63) is 29.8 Å². The number of methoxy groups -OCH3 is 2. The summed E-state index contributed by atoms with van der Waals surface area (Å²) in [6.07, 6.45) is -0.497. The Labute approximate surface area is 117 Å². The molecule has 0 aromatic heterocycles. The van der Waals surface area contributed by atoms with Crippen LogP contribution in [0.3, 0.4) is 0 Å². The summed E-state index contributed by atoms with van der Waals surface area (Å²) >= 11 is 0. The predicted octanol–water partition coefficient (Wildman–Crippen LogP) is 2.05. The molecule has 0 spiro atoms. The van der Waals surface area contributed by atoms with Crippen LogP contribution in [0, 0.1) is 0 Å². The summed E-state index contributed by atoms with van der Waals surface area (Å²) in [6, 6.07) is 7.46. The number of hydrogen-bond acceptors (Lipinski definition) is 6. The third-order valence-corrected chi connectivity index (χ3v) is 3.16. The number of ether oxygens (including phenoxy) is 3. The lowest BCUT2D eigenvalue weighted by molar-refractivity contribution is -0.170. The number of nitrogens with zero attached hydrogens (tertiary/aromatic N) is 1. The average Bonchev–Trinajstić information content (AvgIpc) is 2.79. The Balaban J connectivity index is 2.42. The second-order valence-corrected chi connectivity index (χ2v) is 4.39. The number of fused-ring (bicyclic) bond motifs is 1. The molecule has 6 nitrogen and oxygen atoms in total. The summed E-state index contributed by atoms with van der Waals surface area (Å²) in [7, 11) is 3.05. The Bertz CT molecular complexity index is 542. The van der Waals surface area contributed by atoms with Crippen molar-refractivity contribution in [3.63, 3.8) is 0 Å². The normalized spacial score (nSPS) is 25.0. The fraction of sp³-hybridized carbons (Fsp3) is 0.429. The van der Waals surface area contributed by atoms with Gasteiger partial charge in [0, 0.05) is 26.7 Å². The van der Waals surface area contributed by atoms with E-state index in [1.165, 1.54) is 14.0 Å². The monoisotopic (exact) mass is 279 g/mol. The molecule has 2 rings (SSSR count). The summed E-state index contributed by atoms with van der Waals surface area (Å²) in [5.41, 5.74) is 1.22. The largest absolute Gasteiger partial charge is 0.453 e. The summed E-state index contributed by atoms with van der Waals surface area (Å²) < 4.78 is 16.9. The van der Waals surface area contributed by atoms with Crippen LogP contribution in [-0.4, -0.2) is 31.7 Å². The zero-order valence-corrected chi connectivity index (χ0v) is 11.9. The number of para-hydroxylation sites is 1. The molecule has 0 bridgehead atoms. The van der Waals surface area contributed by atoms with Crippen molar-refractivity contribution in [1.29, 1.82) is 0 Å². The average molecular weight is 279 g/mol. The Kier molecular flexibility index (Phi) is 4.06. The van der Waals surface area contributed by atoms with Gasteiger partial charge >= 0.3 is 5.97 Å². The van der Waals surface area contributed by atoms with E-state index >= 15 is 0 Å². The zero-order valence-electron chi connectivity index (χ0n) is 11.9. The molecule has 0 fully saturated rings. The number of benzene rings is 1. The molecule has 1 heterocycles. The molecule has 0 aliphatic carbocycles. The Morgan fingerprint density at radius 1 is 1.30 bits per heavy atom. The van der Waals surface area contributed by atoms with Gasteiger partial charge in [-0.05, 0) is 13.0 Å². The van der Waals surface area contributed by atoms with Crippen molar-refractivity contribution in [2.45, 2.75) is 25.7 Å². The highest BCUT2D eigenvalue weighted by atomic mass is 16.7. The molecule has 0 saturated carbocycles. The second kappa shape index (κ2) is 5.60. The van der Waals surface area contributed by atoms with Crippen LogP contribution in [-0.2, 0) is 19.1 Å². The maximum atomic E-state index is 10.9. The molecule has 6 heteroatoms. The predicted molar refractivity (Wildman–Crippen MR) is 71.4 cm³/mol. The van der Waals surface area contributed by atoms with E-state index < -0.39 is 17.9 Å². The number of carbonyl (C=O) groups is 1. The van der Waals surface area contributed by atoms with Gasteiger partial charge in [0.05, 0.1) is 0 Å². The lowest BCUT2D eigenvalue weighted by Gasteiger charge is -2.31. The van der Waals surface area contributed by atoms with Gasteiger partial charge in [0.2, 0.25) is 0 Å². The topological polar surface area (TPSA) is 66.3 Å².